The van der Waals surface area contributed by atoms with Crippen LogP contribution in [-0.4, -0.2) is 34.3 Å². The van der Waals surface area contributed by atoms with E-state index in [2.05, 4.69) is 5.16 Å². The van der Waals surface area contributed by atoms with Gasteiger partial charge in [-0.2, -0.15) is 0 Å². The van der Waals surface area contributed by atoms with Gasteiger partial charge in [0.15, 0.2) is 5.76 Å². The van der Waals surface area contributed by atoms with Crippen molar-refractivity contribution in [1.82, 2.24) is 10.1 Å². The first kappa shape index (κ1) is 16.4. The van der Waals surface area contributed by atoms with E-state index >= 15 is 0 Å². The van der Waals surface area contributed by atoms with Crippen LogP contribution in [0.4, 0.5) is 4.79 Å². The number of ether oxygens (including phenoxy) is 1. The van der Waals surface area contributed by atoms with Crippen LogP contribution in [0.1, 0.15) is 31.0 Å². The second kappa shape index (κ2) is 6.55. The predicted molar refractivity (Wildman–Crippen MR) is 88.5 cm³/mol. The Morgan fingerprint density at radius 3 is 2.71 bits per heavy atom. The van der Waals surface area contributed by atoms with E-state index in [1.807, 2.05) is 13.8 Å². The zero-order chi connectivity index (χ0) is 17.3. The van der Waals surface area contributed by atoms with Gasteiger partial charge in [0.05, 0.1) is 11.3 Å². The second-order valence-corrected chi connectivity index (χ2v) is 6.37. The molecule has 1 N–H and O–H groups in total. The third kappa shape index (κ3) is 3.37. The minimum absolute atomic E-state index is 0.103. The lowest BCUT2D eigenvalue weighted by Gasteiger charge is -2.24. The molecule has 0 radical (unpaired) electrons. The van der Waals surface area contributed by atoms with Crippen molar-refractivity contribution in [3.63, 3.8) is 0 Å². The van der Waals surface area contributed by atoms with Gasteiger partial charge in [-0.3, -0.25) is 0 Å². The fourth-order valence-corrected chi connectivity index (χ4v) is 2.70. The number of carbonyl (C=O) groups is 1. The summed E-state index contributed by atoms with van der Waals surface area (Å²) >= 11 is 0. The standard InChI is InChI=1S/C18H22N2O4/c1-11-16(10-23-18(22)20(3)12(2)13-4-5-13)17(24-19-11)14-6-8-15(21)9-7-14/h6-9,12-13,21H,4-5,10H2,1-3H3. The van der Waals surface area contributed by atoms with Crippen LogP contribution >= 0.6 is 0 Å². The maximum absolute atomic E-state index is 12.2. The van der Waals surface area contributed by atoms with Crippen molar-refractivity contribution in [2.75, 3.05) is 7.05 Å². The van der Waals surface area contributed by atoms with E-state index in [-0.39, 0.29) is 24.5 Å². The molecule has 1 unspecified atom stereocenters. The smallest absolute Gasteiger partial charge is 0.410 e. The zero-order valence-electron chi connectivity index (χ0n) is 14.2. The summed E-state index contributed by atoms with van der Waals surface area (Å²) in [6, 6.07) is 6.82. The molecule has 1 amide bonds. The molecule has 6 heteroatoms. The van der Waals surface area contributed by atoms with Gasteiger partial charge in [0.2, 0.25) is 0 Å². The molecule has 1 atom stereocenters. The number of phenolic OH excluding ortho intramolecular Hbond substituents is 1. The first-order valence-corrected chi connectivity index (χ1v) is 8.11. The lowest BCUT2D eigenvalue weighted by Crippen LogP contribution is -2.36. The number of aryl methyl sites for hydroxylation is 1. The van der Waals surface area contributed by atoms with Crippen LogP contribution in [0, 0.1) is 12.8 Å². The van der Waals surface area contributed by atoms with Crippen LogP contribution < -0.4 is 0 Å². The molecule has 1 aliphatic carbocycles. The van der Waals surface area contributed by atoms with Gasteiger partial charge < -0.3 is 19.3 Å². The summed E-state index contributed by atoms with van der Waals surface area (Å²) in [5, 5.41) is 13.4. The highest BCUT2D eigenvalue weighted by Gasteiger charge is 2.33. The van der Waals surface area contributed by atoms with Crippen LogP contribution in [0.15, 0.2) is 28.8 Å². The quantitative estimate of drug-likeness (QED) is 0.904. The summed E-state index contributed by atoms with van der Waals surface area (Å²) in [6.07, 6.45) is 2.01. The van der Waals surface area contributed by atoms with Gasteiger partial charge in [-0.25, -0.2) is 4.79 Å². The van der Waals surface area contributed by atoms with E-state index in [1.165, 1.54) is 12.8 Å². The highest BCUT2D eigenvalue weighted by atomic mass is 16.6. The Labute approximate surface area is 141 Å². The summed E-state index contributed by atoms with van der Waals surface area (Å²) in [5.74, 6) is 1.32. The molecule has 1 saturated carbocycles. The van der Waals surface area contributed by atoms with Crippen LogP contribution in [0.2, 0.25) is 0 Å². The maximum Gasteiger partial charge on any atom is 0.410 e. The van der Waals surface area contributed by atoms with Crippen molar-refractivity contribution in [2.24, 2.45) is 5.92 Å². The minimum Gasteiger partial charge on any atom is -0.508 e. The topological polar surface area (TPSA) is 75.8 Å². The molecular weight excluding hydrogens is 308 g/mol. The second-order valence-electron chi connectivity index (χ2n) is 6.37. The van der Waals surface area contributed by atoms with Crippen molar-refractivity contribution in [2.45, 2.75) is 39.3 Å². The number of hydrogen-bond donors (Lipinski definition) is 1. The molecule has 0 saturated heterocycles. The summed E-state index contributed by atoms with van der Waals surface area (Å²) in [6.45, 7) is 3.96. The SMILES string of the molecule is Cc1noc(-c2ccc(O)cc2)c1COC(=O)N(C)C(C)C1CC1. The summed E-state index contributed by atoms with van der Waals surface area (Å²) < 4.78 is 10.8. The third-order valence-electron chi connectivity index (χ3n) is 4.66. The zero-order valence-corrected chi connectivity index (χ0v) is 14.2. The highest BCUT2D eigenvalue weighted by Crippen LogP contribution is 2.35. The number of amides is 1. The van der Waals surface area contributed by atoms with E-state index in [0.29, 0.717) is 17.4 Å². The average molecular weight is 330 g/mol. The first-order chi connectivity index (χ1) is 11.5. The highest BCUT2D eigenvalue weighted by molar-refractivity contribution is 5.68. The first-order valence-electron chi connectivity index (χ1n) is 8.11. The molecule has 3 rings (SSSR count). The Kier molecular flexibility index (Phi) is 4.46. The molecule has 1 heterocycles. The molecule has 1 aliphatic rings. The van der Waals surface area contributed by atoms with E-state index < -0.39 is 0 Å². The van der Waals surface area contributed by atoms with Crippen LogP contribution in [-0.2, 0) is 11.3 Å². The van der Waals surface area contributed by atoms with Gasteiger partial charge in [-0.15, -0.1) is 0 Å². The molecule has 0 aliphatic heterocycles. The molecule has 24 heavy (non-hydrogen) atoms. The van der Waals surface area contributed by atoms with Crippen molar-refractivity contribution in [3.8, 4) is 17.1 Å². The largest absolute Gasteiger partial charge is 0.508 e. The fourth-order valence-electron chi connectivity index (χ4n) is 2.70. The number of rotatable bonds is 5. The lowest BCUT2D eigenvalue weighted by molar-refractivity contribution is 0.0900. The van der Waals surface area contributed by atoms with Crippen molar-refractivity contribution in [3.05, 3.63) is 35.5 Å². The van der Waals surface area contributed by atoms with Gasteiger partial charge in [-0.05, 0) is 56.9 Å². The Morgan fingerprint density at radius 2 is 2.08 bits per heavy atom. The van der Waals surface area contributed by atoms with Crippen molar-refractivity contribution in [1.29, 1.82) is 0 Å². The van der Waals surface area contributed by atoms with Crippen LogP contribution in [0.3, 0.4) is 0 Å². The van der Waals surface area contributed by atoms with E-state index in [1.54, 1.807) is 36.2 Å². The predicted octanol–water partition coefficient (Wildman–Crippen LogP) is 3.72. The molecule has 1 fully saturated rings. The normalized spacial score (nSPS) is 15.1. The van der Waals surface area contributed by atoms with Gasteiger partial charge >= 0.3 is 6.09 Å². The molecule has 1 aromatic heterocycles. The maximum atomic E-state index is 12.2. The molecule has 6 nitrogen and oxygen atoms in total. The van der Waals surface area contributed by atoms with Gasteiger partial charge in [0.1, 0.15) is 12.4 Å². The van der Waals surface area contributed by atoms with E-state index in [9.17, 15) is 9.90 Å². The van der Waals surface area contributed by atoms with Gasteiger partial charge in [0.25, 0.3) is 0 Å². The van der Waals surface area contributed by atoms with Crippen molar-refractivity contribution < 1.29 is 19.2 Å². The monoisotopic (exact) mass is 330 g/mol. The van der Waals surface area contributed by atoms with Crippen LogP contribution in [0.25, 0.3) is 11.3 Å². The number of nitrogens with zero attached hydrogens (tertiary/aromatic N) is 2. The van der Waals surface area contributed by atoms with Gasteiger partial charge in [0, 0.05) is 18.7 Å². The molecular formula is C18H22N2O4. The fraction of sp³-hybridized carbons (Fsp3) is 0.444. The number of benzene rings is 1. The van der Waals surface area contributed by atoms with Gasteiger partial charge in [-0.1, -0.05) is 5.16 Å². The van der Waals surface area contributed by atoms with E-state index in [4.69, 9.17) is 9.26 Å². The summed E-state index contributed by atoms with van der Waals surface area (Å²) in [5.41, 5.74) is 2.20. The minimum atomic E-state index is -0.341. The third-order valence-corrected chi connectivity index (χ3v) is 4.66. The average Bonchev–Trinajstić information content (AvgIpc) is 3.36. The molecule has 0 spiro atoms. The van der Waals surface area contributed by atoms with E-state index in [0.717, 1.165) is 11.1 Å². The van der Waals surface area contributed by atoms with Crippen LogP contribution in [0.5, 0.6) is 5.75 Å². The lowest BCUT2D eigenvalue weighted by atomic mass is 10.1. The number of aromatic hydroxyl groups is 1. The molecule has 128 valence electrons. The Morgan fingerprint density at radius 1 is 1.42 bits per heavy atom. The number of carbonyl (C=O) groups excluding carboxylic acids is 1. The number of hydrogen-bond acceptors (Lipinski definition) is 5. The Hall–Kier alpha value is -2.50. The molecule has 2 aromatic rings. The Bertz CT molecular complexity index is 719. The summed E-state index contributed by atoms with van der Waals surface area (Å²) in [7, 11) is 1.77. The number of phenols is 1. The Balaban J connectivity index is 1.70. The molecule has 1 aromatic carbocycles. The molecule has 0 bridgehead atoms. The summed E-state index contributed by atoms with van der Waals surface area (Å²) in [4.78, 5) is 13.9. The van der Waals surface area contributed by atoms with Crippen molar-refractivity contribution >= 4 is 6.09 Å². The number of aromatic nitrogens is 1.